The van der Waals surface area contributed by atoms with Crippen molar-refractivity contribution in [2.75, 3.05) is 25.5 Å². The Labute approximate surface area is 163 Å². The van der Waals surface area contributed by atoms with Gasteiger partial charge in [0, 0.05) is 13.1 Å². The second-order valence-electron chi connectivity index (χ2n) is 6.30. The normalized spacial score (nSPS) is 12.0. The van der Waals surface area contributed by atoms with Gasteiger partial charge in [-0.05, 0) is 37.0 Å². The van der Waals surface area contributed by atoms with Gasteiger partial charge in [-0.1, -0.05) is 49.1 Å². The van der Waals surface area contributed by atoms with Crippen molar-refractivity contribution in [3.63, 3.8) is 0 Å². The Bertz CT molecular complexity index is 689. The van der Waals surface area contributed by atoms with E-state index in [0.717, 1.165) is 33.7 Å². The molecule has 2 aromatic rings. The van der Waals surface area contributed by atoms with Crippen LogP contribution in [0.15, 0.2) is 28.6 Å². The molecule has 0 aliphatic carbocycles. The SMILES string of the molecule is COc1ccc(CCNC(=O)C(C)Sc2nnc(NCC(C)C)s2)cc1. The number of ether oxygens (including phenoxy) is 1. The van der Waals surface area contributed by atoms with Gasteiger partial charge in [-0.2, -0.15) is 0 Å². The molecule has 1 unspecified atom stereocenters. The summed E-state index contributed by atoms with van der Waals surface area (Å²) in [7, 11) is 1.65. The third kappa shape index (κ3) is 6.84. The monoisotopic (exact) mass is 394 g/mol. The summed E-state index contributed by atoms with van der Waals surface area (Å²) in [6.07, 6.45) is 0.787. The van der Waals surface area contributed by atoms with Gasteiger partial charge in [0.05, 0.1) is 12.4 Å². The van der Waals surface area contributed by atoms with Crippen LogP contribution in [0.4, 0.5) is 5.13 Å². The maximum absolute atomic E-state index is 12.2. The zero-order valence-corrected chi connectivity index (χ0v) is 17.2. The molecule has 0 saturated heterocycles. The van der Waals surface area contributed by atoms with Gasteiger partial charge in [0.25, 0.3) is 0 Å². The molecular formula is C18H26N4O2S2. The van der Waals surface area contributed by atoms with Crippen molar-refractivity contribution >= 4 is 34.1 Å². The van der Waals surface area contributed by atoms with E-state index in [1.807, 2.05) is 31.2 Å². The minimum atomic E-state index is -0.211. The van der Waals surface area contributed by atoms with Gasteiger partial charge in [-0.15, -0.1) is 10.2 Å². The summed E-state index contributed by atoms with van der Waals surface area (Å²) in [5, 5.41) is 15.1. The Kier molecular flexibility index (Phi) is 8.18. The van der Waals surface area contributed by atoms with Crippen LogP contribution < -0.4 is 15.4 Å². The first-order valence-corrected chi connectivity index (χ1v) is 10.3. The van der Waals surface area contributed by atoms with E-state index in [1.165, 1.54) is 23.1 Å². The van der Waals surface area contributed by atoms with Gasteiger partial charge in [-0.25, -0.2) is 0 Å². The fourth-order valence-electron chi connectivity index (χ4n) is 2.09. The smallest absolute Gasteiger partial charge is 0.233 e. The lowest BCUT2D eigenvalue weighted by Crippen LogP contribution is -2.32. The Morgan fingerprint density at radius 3 is 2.62 bits per heavy atom. The number of thioether (sulfide) groups is 1. The molecular weight excluding hydrogens is 368 g/mol. The molecule has 1 aromatic heterocycles. The topological polar surface area (TPSA) is 76.1 Å². The lowest BCUT2D eigenvalue weighted by molar-refractivity contribution is -0.120. The number of rotatable bonds is 10. The van der Waals surface area contributed by atoms with E-state index in [1.54, 1.807) is 7.11 Å². The summed E-state index contributed by atoms with van der Waals surface area (Å²) in [5.41, 5.74) is 1.16. The van der Waals surface area contributed by atoms with Crippen molar-refractivity contribution in [1.29, 1.82) is 0 Å². The Hall–Kier alpha value is -1.80. The molecule has 6 nitrogen and oxygen atoms in total. The van der Waals surface area contributed by atoms with Gasteiger partial charge < -0.3 is 15.4 Å². The molecule has 2 N–H and O–H groups in total. The molecule has 1 heterocycles. The minimum Gasteiger partial charge on any atom is -0.497 e. The number of hydrogen-bond donors (Lipinski definition) is 2. The second kappa shape index (κ2) is 10.4. The zero-order chi connectivity index (χ0) is 18.9. The molecule has 0 bridgehead atoms. The standard InChI is InChI=1S/C18H26N4O2S2/c1-12(2)11-20-17-21-22-18(26-17)25-13(3)16(23)19-10-9-14-5-7-15(24-4)8-6-14/h5-8,12-13H,9-11H2,1-4H3,(H,19,23)(H,20,21). The number of aromatic nitrogens is 2. The van der Waals surface area contributed by atoms with Crippen LogP contribution in [0.5, 0.6) is 5.75 Å². The average molecular weight is 395 g/mol. The summed E-state index contributed by atoms with van der Waals surface area (Å²) >= 11 is 2.92. The van der Waals surface area contributed by atoms with Gasteiger partial charge in [0.1, 0.15) is 5.75 Å². The lowest BCUT2D eigenvalue weighted by Gasteiger charge is -2.10. The number of nitrogens with one attached hydrogen (secondary N) is 2. The number of hydrogen-bond acceptors (Lipinski definition) is 7. The summed E-state index contributed by atoms with van der Waals surface area (Å²) in [6.45, 7) is 7.63. The summed E-state index contributed by atoms with van der Waals surface area (Å²) < 4.78 is 5.94. The first-order valence-electron chi connectivity index (χ1n) is 8.62. The molecule has 1 amide bonds. The highest BCUT2D eigenvalue weighted by Gasteiger charge is 2.16. The summed E-state index contributed by atoms with van der Waals surface area (Å²) in [4.78, 5) is 12.2. The van der Waals surface area contributed by atoms with E-state index in [9.17, 15) is 4.79 Å². The number of amides is 1. The molecule has 0 aliphatic rings. The maximum Gasteiger partial charge on any atom is 0.233 e. The van der Waals surface area contributed by atoms with Crippen molar-refractivity contribution in [2.45, 2.75) is 36.8 Å². The third-order valence-corrected chi connectivity index (χ3v) is 5.65. The third-order valence-electron chi connectivity index (χ3n) is 3.59. The van der Waals surface area contributed by atoms with Crippen LogP contribution in [-0.4, -0.2) is 41.6 Å². The fraction of sp³-hybridized carbons (Fsp3) is 0.500. The minimum absolute atomic E-state index is 0.00963. The summed E-state index contributed by atoms with van der Waals surface area (Å²) in [5.74, 6) is 1.39. The van der Waals surface area contributed by atoms with Crippen LogP contribution >= 0.6 is 23.1 Å². The number of carbonyl (C=O) groups excluding carboxylic acids is 1. The first-order chi connectivity index (χ1) is 12.5. The zero-order valence-electron chi connectivity index (χ0n) is 15.6. The van der Waals surface area contributed by atoms with Gasteiger partial charge in [0.15, 0.2) is 4.34 Å². The van der Waals surface area contributed by atoms with Crippen LogP contribution in [0, 0.1) is 5.92 Å². The maximum atomic E-state index is 12.2. The quantitative estimate of drug-likeness (QED) is 0.601. The number of methoxy groups -OCH3 is 1. The largest absolute Gasteiger partial charge is 0.497 e. The molecule has 0 aliphatic heterocycles. The van der Waals surface area contributed by atoms with E-state index in [0.29, 0.717) is 12.5 Å². The number of anilines is 1. The number of nitrogens with zero attached hydrogens (tertiary/aromatic N) is 2. The van der Waals surface area contributed by atoms with Crippen LogP contribution in [0.3, 0.4) is 0 Å². The molecule has 0 spiro atoms. The van der Waals surface area contributed by atoms with Crippen LogP contribution in [0.1, 0.15) is 26.3 Å². The molecule has 26 heavy (non-hydrogen) atoms. The van der Waals surface area contributed by atoms with Gasteiger partial charge in [0.2, 0.25) is 11.0 Å². The highest BCUT2D eigenvalue weighted by molar-refractivity contribution is 8.02. The van der Waals surface area contributed by atoms with Gasteiger partial charge >= 0.3 is 0 Å². The van der Waals surface area contributed by atoms with E-state index in [2.05, 4.69) is 34.7 Å². The Morgan fingerprint density at radius 1 is 1.23 bits per heavy atom. The highest BCUT2D eigenvalue weighted by atomic mass is 32.2. The molecule has 1 atom stereocenters. The summed E-state index contributed by atoms with van der Waals surface area (Å²) in [6, 6.07) is 7.87. The van der Waals surface area contributed by atoms with Crippen molar-refractivity contribution < 1.29 is 9.53 Å². The van der Waals surface area contributed by atoms with E-state index >= 15 is 0 Å². The predicted octanol–water partition coefficient (Wildman–Crippen LogP) is 3.45. The van der Waals surface area contributed by atoms with Crippen molar-refractivity contribution in [3.05, 3.63) is 29.8 Å². The molecule has 1 aromatic carbocycles. The molecule has 0 fully saturated rings. The number of benzene rings is 1. The lowest BCUT2D eigenvalue weighted by atomic mass is 10.1. The van der Waals surface area contributed by atoms with E-state index < -0.39 is 0 Å². The van der Waals surface area contributed by atoms with E-state index in [4.69, 9.17) is 4.74 Å². The number of carbonyl (C=O) groups is 1. The van der Waals surface area contributed by atoms with Gasteiger partial charge in [-0.3, -0.25) is 4.79 Å². The first kappa shape index (κ1) is 20.5. The van der Waals surface area contributed by atoms with Crippen LogP contribution in [-0.2, 0) is 11.2 Å². The molecule has 8 heteroatoms. The fourth-order valence-corrected chi connectivity index (χ4v) is 4.02. The van der Waals surface area contributed by atoms with Crippen LogP contribution in [0.25, 0.3) is 0 Å². The van der Waals surface area contributed by atoms with E-state index in [-0.39, 0.29) is 11.2 Å². The predicted molar refractivity (Wildman–Crippen MR) is 108 cm³/mol. The van der Waals surface area contributed by atoms with Crippen LogP contribution in [0.2, 0.25) is 0 Å². The Morgan fingerprint density at radius 2 is 1.96 bits per heavy atom. The molecule has 0 radical (unpaired) electrons. The second-order valence-corrected chi connectivity index (χ2v) is 8.86. The molecule has 142 valence electrons. The Balaban J connectivity index is 1.73. The molecule has 2 rings (SSSR count). The highest BCUT2D eigenvalue weighted by Crippen LogP contribution is 2.29. The van der Waals surface area contributed by atoms with Crippen molar-refractivity contribution in [2.24, 2.45) is 5.92 Å². The average Bonchev–Trinajstić information content (AvgIpc) is 3.07. The van der Waals surface area contributed by atoms with Crippen molar-refractivity contribution in [1.82, 2.24) is 15.5 Å². The van der Waals surface area contributed by atoms with Crippen molar-refractivity contribution in [3.8, 4) is 5.75 Å². The molecule has 0 saturated carbocycles.